The first kappa shape index (κ1) is 9.45. The van der Waals surface area contributed by atoms with Crippen molar-refractivity contribution < 1.29 is 0 Å². The minimum atomic E-state index is 0.521. The van der Waals surface area contributed by atoms with Crippen LogP contribution in [0.15, 0.2) is 0 Å². The van der Waals surface area contributed by atoms with E-state index in [0.717, 1.165) is 37.8 Å². The predicted molar refractivity (Wildman–Crippen MR) is 55.4 cm³/mol. The maximum Gasteiger partial charge on any atom is 0.244 e. The molecule has 1 aromatic rings. The van der Waals surface area contributed by atoms with Crippen molar-refractivity contribution in [1.29, 1.82) is 0 Å². The van der Waals surface area contributed by atoms with Crippen LogP contribution in [0.5, 0.6) is 0 Å². The summed E-state index contributed by atoms with van der Waals surface area (Å²) in [5.74, 6) is 1.81. The highest BCUT2D eigenvalue weighted by molar-refractivity contribution is 5.30. The van der Waals surface area contributed by atoms with Gasteiger partial charge in [0, 0.05) is 32.1 Å². The molecule has 1 aromatic heterocycles. The molecular weight excluding hydrogens is 178 g/mol. The number of rotatable bonds is 2. The van der Waals surface area contributed by atoms with Crippen molar-refractivity contribution in [2.45, 2.75) is 26.3 Å². The van der Waals surface area contributed by atoms with E-state index in [9.17, 15) is 0 Å². The molecule has 1 aliphatic rings. The van der Waals surface area contributed by atoms with E-state index in [2.05, 4.69) is 39.2 Å². The fourth-order valence-corrected chi connectivity index (χ4v) is 1.70. The zero-order chi connectivity index (χ0) is 9.97. The van der Waals surface area contributed by atoms with E-state index in [1.165, 1.54) is 0 Å². The Bertz CT molecular complexity index is 295. The molecular formula is C9H17N5. The minimum absolute atomic E-state index is 0.521. The molecule has 0 radical (unpaired) electrons. The van der Waals surface area contributed by atoms with Crippen molar-refractivity contribution in [3.05, 3.63) is 5.82 Å². The molecule has 2 heterocycles. The van der Waals surface area contributed by atoms with E-state index in [-0.39, 0.29) is 0 Å². The lowest BCUT2D eigenvalue weighted by atomic mass is 10.2. The fourth-order valence-electron chi connectivity index (χ4n) is 1.70. The van der Waals surface area contributed by atoms with Gasteiger partial charge in [-0.25, -0.2) is 0 Å². The quantitative estimate of drug-likeness (QED) is 0.706. The normalized spacial score (nSPS) is 22.7. The van der Waals surface area contributed by atoms with Gasteiger partial charge < -0.3 is 10.2 Å². The highest BCUT2D eigenvalue weighted by Gasteiger charge is 2.18. The molecule has 0 bridgehead atoms. The summed E-state index contributed by atoms with van der Waals surface area (Å²) in [6.07, 6.45) is 0.911. The topological polar surface area (TPSA) is 56.8 Å². The van der Waals surface area contributed by atoms with Crippen molar-refractivity contribution in [1.82, 2.24) is 20.5 Å². The number of aromatic amines is 1. The Morgan fingerprint density at radius 2 is 2.43 bits per heavy atom. The third kappa shape index (κ3) is 1.87. The zero-order valence-corrected chi connectivity index (χ0v) is 8.75. The highest BCUT2D eigenvalue weighted by atomic mass is 15.4. The van der Waals surface area contributed by atoms with E-state index in [0.29, 0.717) is 6.04 Å². The largest absolute Gasteiger partial charge is 0.337 e. The van der Waals surface area contributed by atoms with Crippen molar-refractivity contribution in [3.63, 3.8) is 0 Å². The molecule has 14 heavy (non-hydrogen) atoms. The Labute approximate surface area is 83.9 Å². The second-order valence-electron chi connectivity index (χ2n) is 3.74. The number of hydrogen-bond acceptors (Lipinski definition) is 4. The number of aromatic nitrogens is 3. The maximum absolute atomic E-state index is 4.42. The first-order valence-electron chi connectivity index (χ1n) is 5.19. The van der Waals surface area contributed by atoms with Crippen LogP contribution in [0, 0.1) is 0 Å². The minimum Gasteiger partial charge on any atom is -0.337 e. The van der Waals surface area contributed by atoms with E-state index in [1.807, 2.05) is 0 Å². The average molecular weight is 195 g/mol. The Hall–Kier alpha value is -1.10. The van der Waals surface area contributed by atoms with Crippen LogP contribution < -0.4 is 10.2 Å². The summed E-state index contributed by atoms with van der Waals surface area (Å²) in [6, 6.07) is 0.521. The average Bonchev–Trinajstić information content (AvgIpc) is 2.66. The molecule has 1 fully saturated rings. The number of piperazine rings is 1. The van der Waals surface area contributed by atoms with Gasteiger partial charge in [-0.05, 0) is 6.92 Å². The zero-order valence-electron chi connectivity index (χ0n) is 8.75. The van der Waals surface area contributed by atoms with E-state index >= 15 is 0 Å². The number of nitrogens with one attached hydrogen (secondary N) is 2. The summed E-state index contributed by atoms with van der Waals surface area (Å²) in [6.45, 7) is 7.24. The Kier molecular flexibility index (Phi) is 2.67. The van der Waals surface area contributed by atoms with Crippen molar-refractivity contribution in [3.8, 4) is 0 Å². The number of aryl methyl sites for hydroxylation is 1. The van der Waals surface area contributed by atoms with Gasteiger partial charge in [0.2, 0.25) is 5.95 Å². The van der Waals surface area contributed by atoms with Gasteiger partial charge in [-0.1, -0.05) is 6.92 Å². The van der Waals surface area contributed by atoms with Crippen LogP contribution in [0.1, 0.15) is 19.7 Å². The first-order valence-corrected chi connectivity index (χ1v) is 5.19. The molecule has 78 valence electrons. The van der Waals surface area contributed by atoms with Gasteiger partial charge in [0.15, 0.2) is 0 Å². The molecule has 1 saturated heterocycles. The summed E-state index contributed by atoms with van der Waals surface area (Å²) < 4.78 is 0. The SMILES string of the molecule is CCc1nc(N2CCN[C@H](C)C2)n[nH]1. The van der Waals surface area contributed by atoms with E-state index in [4.69, 9.17) is 0 Å². The molecule has 0 spiro atoms. The van der Waals surface area contributed by atoms with Crippen LogP contribution in [-0.2, 0) is 6.42 Å². The molecule has 1 atom stereocenters. The fraction of sp³-hybridized carbons (Fsp3) is 0.778. The second kappa shape index (κ2) is 3.96. The number of anilines is 1. The molecule has 1 aliphatic heterocycles. The molecule has 5 heteroatoms. The van der Waals surface area contributed by atoms with Gasteiger partial charge in [0.25, 0.3) is 0 Å². The van der Waals surface area contributed by atoms with Gasteiger partial charge >= 0.3 is 0 Å². The molecule has 5 nitrogen and oxygen atoms in total. The van der Waals surface area contributed by atoms with Gasteiger partial charge in [-0.2, -0.15) is 4.98 Å². The summed E-state index contributed by atoms with van der Waals surface area (Å²) >= 11 is 0. The van der Waals surface area contributed by atoms with Crippen molar-refractivity contribution in [2.24, 2.45) is 0 Å². The highest BCUT2D eigenvalue weighted by Crippen LogP contribution is 2.09. The lowest BCUT2D eigenvalue weighted by Crippen LogP contribution is -2.49. The molecule has 0 amide bonds. The van der Waals surface area contributed by atoms with Gasteiger partial charge in [0.05, 0.1) is 0 Å². The van der Waals surface area contributed by atoms with Gasteiger partial charge in [-0.15, -0.1) is 5.10 Å². The van der Waals surface area contributed by atoms with Crippen molar-refractivity contribution >= 4 is 5.95 Å². The Balaban J connectivity index is 2.06. The monoisotopic (exact) mass is 195 g/mol. The lowest BCUT2D eigenvalue weighted by molar-refractivity contribution is 0.480. The standard InChI is InChI=1S/C9H17N5/c1-3-8-11-9(13-12-8)14-5-4-10-7(2)6-14/h7,10H,3-6H2,1-2H3,(H,11,12,13)/t7-/m1/s1. The van der Waals surface area contributed by atoms with E-state index < -0.39 is 0 Å². The maximum atomic E-state index is 4.42. The Morgan fingerprint density at radius 1 is 1.57 bits per heavy atom. The van der Waals surface area contributed by atoms with Crippen LogP contribution >= 0.6 is 0 Å². The summed E-state index contributed by atoms with van der Waals surface area (Å²) in [4.78, 5) is 6.64. The number of nitrogens with zero attached hydrogens (tertiary/aromatic N) is 3. The third-order valence-corrected chi connectivity index (χ3v) is 2.51. The second-order valence-corrected chi connectivity index (χ2v) is 3.74. The van der Waals surface area contributed by atoms with Crippen molar-refractivity contribution in [2.75, 3.05) is 24.5 Å². The van der Waals surface area contributed by atoms with Gasteiger partial charge in [-0.3, -0.25) is 5.10 Å². The van der Waals surface area contributed by atoms with Gasteiger partial charge in [0.1, 0.15) is 5.82 Å². The van der Waals surface area contributed by atoms with Crippen LogP contribution in [0.3, 0.4) is 0 Å². The predicted octanol–water partition coefficient (Wildman–Crippen LogP) is 0.165. The number of hydrogen-bond donors (Lipinski definition) is 2. The molecule has 2 N–H and O–H groups in total. The van der Waals surface area contributed by atoms with E-state index in [1.54, 1.807) is 0 Å². The summed E-state index contributed by atoms with van der Waals surface area (Å²) in [5, 5.41) is 10.5. The van der Waals surface area contributed by atoms with Crippen LogP contribution in [0.2, 0.25) is 0 Å². The first-order chi connectivity index (χ1) is 6.79. The number of H-pyrrole nitrogens is 1. The Morgan fingerprint density at radius 3 is 3.07 bits per heavy atom. The molecule has 0 saturated carbocycles. The summed E-state index contributed by atoms with van der Waals surface area (Å²) in [7, 11) is 0. The van der Waals surface area contributed by atoms with Crippen LogP contribution in [-0.4, -0.2) is 40.9 Å². The smallest absolute Gasteiger partial charge is 0.244 e. The third-order valence-electron chi connectivity index (χ3n) is 2.51. The molecule has 2 rings (SSSR count). The summed E-state index contributed by atoms with van der Waals surface area (Å²) in [5.41, 5.74) is 0. The molecule has 0 aliphatic carbocycles. The van der Waals surface area contributed by atoms with Crippen LogP contribution in [0.25, 0.3) is 0 Å². The lowest BCUT2D eigenvalue weighted by Gasteiger charge is -2.30. The molecule has 0 unspecified atom stereocenters. The molecule has 0 aromatic carbocycles. The van der Waals surface area contributed by atoms with Crippen LogP contribution in [0.4, 0.5) is 5.95 Å².